The lowest BCUT2D eigenvalue weighted by Gasteiger charge is -2.18. The van der Waals surface area contributed by atoms with E-state index in [1.807, 2.05) is 0 Å². The third-order valence-corrected chi connectivity index (χ3v) is 2.30. The number of benzene rings is 1. The maximum absolute atomic E-state index is 10.5. The van der Waals surface area contributed by atoms with Gasteiger partial charge in [0.2, 0.25) is 0 Å². The highest BCUT2D eigenvalue weighted by atomic mass is 16.3. The number of carbonyl (C=O) groups excluding carboxylic acids is 1. The van der Waals surface area contributed by atoms with Crippen LogP contribution in [0.2, 0.25) is 0 Å². The molecule has 1 rings (SSSR count). The van der Waals surface area contributed by atoms with Crippen molar-refractivity contribution in [2.75, 3.05) is 6.61 Å². The molecular weight excluding hydrogens is 212 g/mol. The Morgan fingerprint density at radius 2 is 2.00 bits per heavy atom. The lowest BCUT2D eigenvalue weighted by Crippen LogP contribution is -2.19. The van der Waals surface area contributed by atoms with Gasteiger partial charge in [0.1, 0.15) is 18.1 Å². The zero-order valence-corrected chi connectivity index (χ0v) is 8.58. The number of rotatable bonds is 5. The molecule has 88 valence electrons. The summed E-state index contributed by atoms with van der Waals surface area (Å²) < 4.78 is 0. The van der Waals surface area contributed by atoms with E-state index in [1.54, 1.807) is 0 Å². The van der Waals surface area contributed by atoms with Gasteiger partial charge in [-0.1, -0.05) is 0 Å². The minimum absolute atomic E-state index is 0.00801. The average molecular weight is 226 g/mol. The number of aliphatic hydroxyl groups excluding tert-OH is 3. The van der Waals surface area contributed by atoms with Crippen LogP contribution < -0.4 is 0 Å². The van der Waals surface area contributed by atoms with Gasteiger partial charge in [0, 0.05) is 17.7 Å². The van der Waals surface area contributed by atoms with E-state index in [2.05, 4.69) is 0 Å². The molecule has 0 aliphatic carbocycles. The van der Waals surface area contributed by atoms with Crippen LogP contribution in [0.15, 0.2) is 18.2 Å². The second-order valence-electron chi connectivity index (χ2n) is 3.46. The molecule has 0 saturated heterocycles. The standard InChI is InChI=1S/C11H14O5/c12-4-3-10(15)11(16)8-5-7(6-13)1-2-9(8)14/h1-2,5-6,10-12,14-16H,3-4H2. The van der Waals surface area contributed by atoms with Gasteiger partial charge in [-0.15, -0.1) is 0 Å². The van der Waals surface area contributed by atoms with Gasteiger partial charge in [0.15, 0.2) is 0 Å². The topological polar surface area (TPSA) is 98.0 Å². The second kappa shape index (κ2) is 5.60. The van der Waals surface area contributed by atoms with Crippen LogP contribution in [0.5, 0.6) is 5.75 Å². The van der Waals surface area contributed by atoms with E-state index in [9.17, 15) is 20.1 Å². The number of aliphatic hydroxyl groups is 3. The van der Waals surface area contributed by atoms with Crippen LogP contribution in [0, 0.1) is 0 Å². The average Bonchev–Trinajstić information content (AvgIpc) is 2.29. The van der Waals surface area contributed by atoms with Gasteiger partial charge in [-0.2, -0.15) is 0 Å². The lowest BCUT2D eigenvalue weighted by molar-refractivity contribution is 0.00302. The third-order valence-electron chi connectivity index (χ3n) is 2.30. The van der Waals surface area contributed by atoms with Crippen LogP contribution in [0.1, 0.15) is 28.4 Å². The summed E-state index contributed by atoms with van der Waals surface area (Å²) in [5.74, 6) is -0.199. The van der Waals surface area contributed by atoms with Crippen LogP contribution in [0.25, 0.3) is 0 Å². The summed E-state index contributed by atoms with van der Waals surface area (Å²) in [6.45, 7) is -0.271. The summed E-state index contributed by atoms with van der Waals surface area (Å²) in [6.07, 6.45) is -1.94. The van der Waals surface area contributed by atoms with Gasteiger partial charge in [0.25, 0.3) is 0 Å². The van der Waals surface area contributed by atoms with Crippen molar-refractivity contribution in [2.24, 2.45) is 0 Å². The Bertz CT molecular complexity index is 363. The molecule has 0 radical (unpaired) electrons. The van der Waals surface area contributed by atoms with Gasteiger partial charge in [-0.05, 0) is 24.6 Å². The Hall–Kier alpha value is -1.43. The molecule has 0 saturated carbocycles. The van der Waals surface area contributed by atoms with E-state index >= 15 is 0 Å². The quantitative estimate of drug-likeness (QED) is 0.529. The molecule has 5 nitrogen and oxygen atoms in total. The number of phenols is 1. The van der Waals surface area contributed by atoms with E-state index in [-0.39, 0.29) is 24.3 Å². The van der Waals surface area contributed by atoms with Crippen molar-refractivity contribution >= 4 is 6.29 Å². The molecule has 0 bridgehead atoms. The maximum atomic E-state index is 10.5. The molecule has 1 aromatic rings. The number of hydrogen-bond acceptors (Lipinski definition) is 5. The Balaban J connectivity index is 2.97. The summed E-state index contributed by atoms with van der Waals surface area (Å²) in [7, 11) is 0. The molecular formula is C11H14O5. The summed E-state index contributed by atoms with van der Waals surface area (Å²) in [6, 6.07) is 3.97. The fourth-order valence-electron chi connectivity index (χ4n) is 1.38. The summed E-state index contributed by atoms with van der Waals surface area (Å²) >= 11 is 0. The summed E-state index contributed by atoms with van der Waals surface area (Å²) in [4.78, 5) is 10.5. The number of aromatic hydroxyl groups is 1. The van der Waals surface area contributed by atoms with Crippen molar-refractivity contribution in [2.45, 2.75) is 18.6 Å². The van der Waals surface area contributed by atoms with Crippen molar-refractivity contribution in [1.29, 1.82) is 0 Å². The number of carbonyl (C=O) groups is 1. The molecule has 0 spiro atoms. The highest BCUT2D eigenvalue weighted by molar-refractivity contribution is 5.75. The van der Waals surface area contributed by atoms with Gasteiger partial charge < -0.3 is 20.4 Å². The normalized spacial score (nSPS) is 14.4. The molecule has 0 aliphatic heterocycles. The molecule has 0 heterocycles. The minimum atomic E-state index is -1.33. The second-order valence-corrected chi connectivity index (χ2v) is 3.46. The summed E-state index contributed by atoms with van der Waals surface area (Å²) in [5.41, 5.74) is 0.369. The number of phenolic OH excluding ortho intramolecular Hbond substituents is 1. The molecule has 4 N–H and O–H groups in total. The van der Waals surface area contributed by atoms with E-state index in [1.165, 1.54) is 18.2 Å². The van der Waals surface area contributed by atoms with Crippen molar-refractivity contribution in [3.63, 3.8) is 0 Å². The van der Waals surface area contributed by atoms with E-state index in [0.717, 1.165) is 0 Å². The first-order chi connectivity index (χ1) is 7.60. The van der Waals surface area contributed by atoms with Gasteiger partial charge in [-0.3, -0.25) is 4.79 Å². The van der Waals surface area contributed by atoms with Crippen LogP contribution >= 0.6 is 0 Å². The fraction of sp³-hybridized carbons (Fsp3) is 0.364. The molecule has 2 unspecified atom stereocenters. The van der Waals surface area contributed by atoms with Crippen LogP contribution in [-0.4, -0.2) is 39.4 Å². The van der Waals surface area contributed by atoms with Gasteiger partial charge >= 0.3 is 0 Å². The predicted molar refractivity (Wildman–Crippen MR) is 56.2 cm³/mol. The monoisotopic (exact) mass is 226 g/mol. The number of hydrogen-bond donors (Lipinski definition) is 4. The zero-order chi connectivity index (χ0) is 12.1. The maximum Gasteiger partial charge on any atom is 0.150 e. The molecule has 5 heteroatoms. The molecule has 0 amide bonds. The van der Waals surface area contributed by atoms with Crippen LogP contribution in [0.4, 0.5) is 0 Å². The Morgan fingerprint density at radius 1 is 1.31 bits per heavy atom. The fourth-order valence-corrected chi connectivity index (χ4v) is 1.38. The van der Waals surface area contributed by atoms with Crippen LogP contribution in [-0.2, 0) is 0 Å². The smallest absolute Gasteiger partial charge is 0.150 e. The largest absolute Gasteiger partial charge is 0.508 e. The first-order valence-electron chi connectivity index (χ1n) is 4.85. The predicted octanol–water partition coefficient (Wildman–Crippen LogP) is -0.0186. The highest BCUT2D eigenvalue weighted by Gasteiger charge is 2.21. The van der Waals surface area contributed by atoms with Crippen molar-refractivity contribution in [3.05, 3.63) is 29.3 Å². The van der Waals surface area contributed by atoms with Crippen molar-refractivity contribution < 1.29 is 25.2 Å². The van der Waals surface area contributed by atoms with Crippen LogP contribution in [0.3, 0.4) is 0 Å². The molecule has 0 fully saturated rings. The Kier molecular flexibility index (Phi) is 4.42. The Labute approximate surface area is 92.6 Å². The van der Waals surface area contributed by atoms with E-state index < -0.39 is 12.2 Å². The minimum Gasteiger partial charge on any atom is -0.508 e. The Morgan fingerprint density at radius 3 is 2.56 bits per heavy atom. The SMILES string of the molecule is O=Cc1ccc(O)c(C(O)C(O)CCO)c1. The highest BCUT2D eigenvalue weighted by Crippen LogP contribution is 2.28. The molecule has 1 aromatic carbocycles. The zero-order valence-electron chi connectivity index (χ0n) is 8.58. The van der Waals surface area contributed by atoms with E-state index in [0.29, 0.717) is 11.8 Å². The van der Waals surface area contributed by atoms with Crippen molar-refractivity contribution in [3.8, 4) is 5.75 Å². The first kappa shape index (κ1) is 12.6. The summed E-state index contributed by atoms with van der Waals surface area (Å²) in [5, 5.41) is 37.2. The third kappa shape index (κ3) is 2.79. The number of aldehydes is 1. The first-order valence-corrected chi connectivity index (χ1v) is 4.85. The lowest BCUT2D eigenvalue weighted by atomic mass is 9.99. The van der Waals surface area contributed by atoms with E-state index in [4.69, 9.17) is 5.11 Å². The van der Waals surface area contributed by atoms with Gasteiger partial charge in [0.05, 0.1) is 6.10 Å². The van der Waals surface area contributed by atoms with Gasteiger partial charge in [-0.25, -0.2) is 0 Å². The molecule has 0 aliphatic rings. The molecule has 16 heavy (non-hydrogen) atoms. The van der Waals surface area contributed by atoms with Crippen molar-refractivity contribution in [1.82, 2.24) is 0 Å². The molecule has 2 atom stereocenters. The molecule has 0 aromatic heterocycles.